The topological polar surface area (TPSA) is 49.7 Å². The summed E-state index contributed by atoms with van der Waals surface area (Å²) >= 11 is 0. The van der Waals surface area contributed by atoms with Gasteiger partial charge in [0.2, 0.25) is 0 Å². The number of aliphatic hydroxyl groups is 2. The van der Waals surface area contributed by atoms with E-state index in [0.717, 1.165) is 7.17 Å². The van der Waals surface area contributed by atoms with Gasteiger partial charge in [0.05, 0.1) is 20.4 Å². The lowest BCUT2D eigenvalue weighted by atomic mass is 9.49. The van der Waals surface area contributed by atoms with Crippen LogP contribution in [0, 0.1) is 5.92 Å². The fraction of sp³-hybridized carbons (Fsp3) is 1.00. The summed E-state index contributed by atoms with van der Waals surface area (Å²) in [4.78, 5) is 0. The summed E-state index contributed by atoms with van der Waals surface area (Å²) in [5.41, 5.74) is 0. The van der Waals surface area contributed by atoms with Gasteiger partial charge >= 0.3 is 0 Å². The third-order valence-electron chi connectivity index (χ3n) is 2.44. The summed E-state index contributed by atoms with van der Waals surface area (Å²) in [6, 6.07) is 0.113. The summed E-state index contributed by atoms with van der Waals surface area (Å²) in [5, 5.41) is 18.3. The molecule has 1 fully saturated rings. The van der Waals surface area contributed by atoms with Gasteiger partial charge in [-0.05, 0) is 0 Å². The van der Waals surface area contributed by atoms with Gasteiger partial charge in [0.15, 0.2) is 0 Å². The zero-order valence-corrected chi connectivity index (χ0v) is 7.03. The predicted molar refractivity (Wildman–Crippen MR) is 46.6 cm³/mol. The highest BCUT2D eigenvalue weighted by atomic mass is 16.5. The van der Waals surface area contributed by atoms with Crippen LogP contribution in [0.5, 0.6) is 0 Å². The maximum absolute atomic E-state index is 9.47. The normalized spacial score (nSPS) is 44.3. The molecule has 0 saturated carbocycles. The number of aliphatic hydroxyl groups excluding tert-OH is 2. The first-order valence-corrected chi connectivity index (χ1v) is 4.15. The van der Waals surface area contributed by atoms with Crippen LogP contribution in [0.3, 0.4) is 0 Å². The highest BCUT2D eigenvalue weighted by Crippen LogP contribution is 2.25. The maximum Gasteiger partial charge on any atom is 0.120 e. The van der Waals surface area contributed by atoms with Crippen LogP contribution < -0.4 is 0 Å². The fourth-order valence-electron chi connectivity index (χ4n) is 1.61. The van der Waals surface area contributed by atoms with Crippen LogP contribution in [0.4, 0.5) is 0 Å². The molecule has 62 valence electrons. The van der Waals surface area contributed by atoms with Crippen LogP contribution in [-0.4, -0.2) is 49.9 Å². The van der Waals surface area contributed by atoms with Gasteiger partial charge in [-0.3, -0.25) is 0 Å². The van der Waals surface area contributed by atoms with Gasteiger partial charge in [-0.15, -0.1) is 0 Å². The molecule has 2 N–H and O–H groups in total. The van der Waals surface area contributed by atoms with Crippen molar-refractivity contribution >= 4 is 14.9 Å². The smallest absolute Gasteiger partial charge is 0.120 e. The van der Waals surface area contributed by atoms with Crippen molar-refractivity contribution in [2.45, 2.75) is 25.1 Å². The van der Waals surface area contributed by atoms with E-state index in [0.29, 0.717) is 0 Å². The predicted octanol–water partition coefficient (Wildman–Crippen LogP) is -2.31. The second-order valence-electron chi connectivity index (χ2n) is 3.15. The molecule has 5 heteroatoms. The molecule has 0 unspecified atom stereocenters. The van der Waals surface area contributed by atoms with E-state index in [4.69, 9.17) is 9.84 Å². The maximum atomic E-state index is 9.47. The number of hydrogen-bond acceptors (Lipinski definition) is 3. The molecule has 0 aromatic heterocycles. The third-order valence-corrected chi connectivity index (χ3v) is 2.44. The average molecular weight is 156 g/mol. The Morgan fingerprint density at radius 3 is 2.55 bits per heavy atom. The van der Waals surface area contributed by atoms with E-state index in [2.05, 4.69) is 0 Å². The summed E-state index contributed by atoms with van der Waals surface area (Å²) in [6.45, 7) is 1.87. The van der Waals surface area contributed by atoms with Crippen molar-refractivity contribution in [3.63, 3.8) is 0 Å². The Morgan fingerprint density at radius 2 is 2.27 bits per heavy atom. The molecule has 4 atom stereocenters. The Morgan fingerprint density at radius 1 is 1.64 bits per heavy atom. The third kappa shape index (κ3) is 1.60. The number of hydrogen-bond donors (Lipinski definition) is 2. The Balaban J connectivity index is 2.53. The zero-order valence-electron chi connectivity index (χ0n) is 7.03. The highest BCUT2D eigenvalue weighted by Gasteiger charge is 2.38. The van der Waals surface area contributed by atoms with Crippen molar-refractivity contribution in [3.05, 3.63) is 0 Å². The molecule has 0 bridgehead atoms. The van der Waals surface area contributed by atoms with Gasteiger partial charge < -0.3 is 14.9 Å². The SMILES string of the molecule is BB[C@@H]1O[C@H](CO)[C@@H](O)[C@H]1C. The summed E-state index contributed by atoms with van der Waals surface area (Å²) in [5.74, 6) is 0.150. The summed E-state index contributed by atoms with van der Waals surface area (Å²) in [7, 11) is 2.92. The molecule has 0 aliphatic carbocycles. The Bertz CT molecular complexity index is 115. The van der Waals surface area contributed by atoms with Crippen LogP contribution >= 0.6 is 0 Å². The van der Waals surface area contributed by atoms with Crippen molar-refractivity contribution in [2.75, 3.05) is 6.61 Å². The molecule has 1 saturated heterocycles. The van der Waals surface area contributed by atoms with E-state index in [-0.39, 0.29) is 24.6 Å². The minimum atomic E-state index is -0.495. The molecule has 0 radical (unpaired) electrons. The Kier molecular flexibility index (Phi) is 2.98. The molecule has 1 aliphatic heterocycles. The molecule has 3 nitrogen and oxygen atoms in total. The van der Waals surface area contributed by atoms with E-state index >= 15 is 0 Å². The zero-order chi connectivity index (χ0) is 8.43. The van der Waals surface area contributed by atoms with E-state index in [1.165, 1.54) is 0 Å². The molecule has 1 heterocycles. The minimum absolute atomic E-state index is 0.0813. The second kappa shape index (κ2) is 3.61. The van der Waals surface area contributed by atoms with Gasteiger partial charge in [-0.2, -0.15) is 0 Å². The highest BCUT2D eigenvalue weighted by molar-refractivity contribution is 6.90. The Labute approximate surface area is 68.4 Å². The molecule has 1 aliphatic rings. The van der Waals surface area contributed by atoms with Gasteiger partial charge in [-0.1, -0.05) is 6.92 Å². The molecule has 0 aromatic rings. The van der Waals surface area contributed by atoms with Gasteiger partial charge in [-0.25, -0.2) is 0 Å². The van der Waals surface area contributed by atoms with Crippen molar-refractivity contribution in [1.29, 1.82) is 0 Å². The van der Waals surface area contributed by atoms with E-state index in [1.54, 1.807) is 0 Å². The summed E-state index contributed by atoms with van der Waals surface area (Å²) in [6.07, 6.45) is -0.861. The number of rotatable bonds is 2. The first kappa shape index (κ1) is 9.10. The van der Waals surface area contributed by atoms with Gasteiger partial charge in [0, 0.05) is 11.9 Å². The first-order valence-electron chi connectivity index (χ1n) is 4.15. The van der Waals surface area contributed by atoms with E-state index in [9.17, 15) is 5.11 Å². The van der Waals surface area contributed by atoms with Crippen molar-refractivity contribution in [1.82, 2.24) is 0 Å². The molecule has 0 spiro atoms. The fourth-order valence-corrected chi connectivity index (χ4v) is 1.61. The lowest BCUT2D eigenvalue weighted by Crippen LogP contribution is -2.28. The average Bonchev–Trinajstić information content (AvgIpc) is 2.30. The van der Waals surface area contributed by atoms with Crippen LogP contribution in [-0.2, 0) is 4.74 Å². The Hall–Kier alpha value is 0.00987. The van der Waals surface area contributed by atoms with Gasteiger partial charge in [0.25, 0.3) is 0 Å². The van der Waals surface area contributed by atoms with E-state index in [1.807, 2.05) is 14.7 Å². The molecule has 1 rings (SSSR count). The van der Waals surface area contributed by atoms with Gasteiger partial charge in [0.1, 0.15) is 13.3 Å². The molecular weight excluding hydrogens is 142 g/mol. The van der Waals surface area contributed by atoms with Crippen LogP contribution in [0.2, 0.25) is 0 Å². The molecule has 0 aromatic carbocycles. The molecule has 0 amide bonds. The monoisotopic (exact) mass is 156 g/mol. The van der Waals surface area contributed by atoms with Crippen LogP contribution in [0.1, 0.15) is 6.92 Å². The first-order chi connectivity index (χ1) is 5.20. The standard InChI is InChI=1S/C6H14B2O3/c1-3-5(10)4(2-9)11-6(3)8-7/h3-6,8-10H,2,7H2,1H3/t3-,4-,5+,6-/m1/s1. The largest absolute Gasteiger partial charge is 0.394 e. The molecule has 11 heavy (non-hydrogen) atoms. The number of ether oxygens (including phenoxy) is 1. The summed E-state index contributed by atoms with van der Waals surface area (Å²) < 4.78 is 5.38. The lowest BCUT2D eigenvalue weighted by molar-refractivity contribution is -0.00513. The molecular formula is C6H14B2O3. The lowest BCUT2D eigenvalue weighted by Gasteiger charge is -2.12. The second-order valence-corrected chi connectivity index (χ2v) is 3.15. The van der Waals surface area contributed by atoms with Crippen LogP contribution in [0.25, 0.3) is 0 Å². The minimum Gasteiger partial charge on any atom is -0.394 e. The van der Waals surface area contributed by atoms with Crippen LogP contribution in [0.15, 0.2) is 0 Å². The van der Waals surface area contributed by atoms with Crippen molar-refractivity contribution < 1.29 is 14.9 Å². The van der Waals surface area contributed by atoms with Crippen molar-refractivity contribution in [2.24, 2.45) is 5.92 Å². The van der Waals surface area contributed by atoms with E-state index < -0.39 is 6.10 Å². The quantitative estimate of drug-likeness (QED) is 0.441. The van der Waals surface area contributed by atoms with Crippen molar-refractivity contribution in [3.8, 4) is 0 Å².